The standard InChI is InChI=1S/C25H25F3N6O3/c1-33-9-11-34(12-10-33)16-24(36)30-21-13-17(4-7-23(21)37-25(26,27)28)22(35)14-19-5-6-20(32-31-19)18-3-2-8-29-15-18/h2-8,13,15H,9-12,14,16H2,1H3,(H,30,36). The molecule has 1 aliphatic rings. The Bertz CT molecular complexity index is 1230. The van der Waals surface area contributed by atoms with Gasteiger partial charge in [0, 0.05) is 49.7 Å². The number of ketones is 1. The van der Waals surface area contributed by atoms with E-state index in [-0.39, 0.29) is 24.2 Å². The van der Waals surface area contributed by atoms with Crippen LogP contribution in [0.2, 0.25) is 0 Å². The van der Waals surface area contributed by atoms with Crippen molar-refractivity contribution in [3.63, 3.8) is 0 Å². The Labute approximate surface area is 211 Å². The van der Waals surface area contributed by atoms with Crippen LogP contribution in [0, 0.1) is 0 Å². The van der Waals surface area contributed by atoms with Gasteiger partial charge >= 0.3 is 6.36 Å². The third-order valence-corrected chi connectivity index (χ3v) is 5.78. The van der Waals surface area contributed by atoms with Gasteiger partial charge in [-0.25, -0.2) is 0 Å². The maximum Gasteiger partial charge on any atom is 0.573 e. The highest BCUT2D eigenvalue weighted by molar-refractivity contribution is 6.00. The number of amides is 1. The van der Waals surface area contributed by atoms with E-state index in [0.717, 1.165) is 24.7 Å². The molecule has 1 saturated heterocycles. The Morgan fingerprint density at radius 2 is 1.84 bits per heavy atom. The number of halogens is 3. The summed E-state index contributed by atoms with van der Waals surface area (Å²) in [6, 6.07) is 10.4. The third-order valence-electron chi connectivity index (χ3n) is 5.78. The molecule has 3 heterocycles. The Morgan fingerprint density at radius 3 is 2.49 bits per heavy atom. The Morgan fingerprint density at radius 1 is 1.05 bits per heavy atom. The lowest BCUT2D eigenvalue weighted by Crippen LogP contribution is -2.47. The molecule has 194 valence electrons. The number of hydrogen-bond acceptors (Lipinski definition) is 8. The number of rotatable bonds is 8. The lowest BCUT2D eigenvalue weighted by Gasteiger charge is -2.31. The van der Waals surface area contributed by atoms with E-state index in [4.69, 9.17) is 0 Å². The van der Waals surface area contributed by atoms with E-state index in [1.807, 2.05) is 18.0 Å². The van der Waals surface area contributed by atoms with Crippen molar-refractivity contribution >= 4 is 17.4 Å². The average Bonchev–Trinajstić information content (AvgIpc) is 2.86. The zero-order chi connectivity index (χ0) is 26.4. The van der Waals surface area contributed by atoms with Crippen LogP contribution in [-0.2, 0) is 11.2 Å². The van der Waals surface area contributed by atoms with Crippen molar-refractivity contribution in [2.45, 2.75) is 12.8 Å². The molecule has 12 heteroatoms. The highest BCUT2D eigenvalue weighted by Crippen LogP contribution is 2.31. The molecule has 0 aliphatic carbocycles. The van der Waals surface area contributed by atoms with Crippen molar-refractivity contribution in [1.82, 2.24) is 25.0 Å². The first-order valence-electron chi connectivity index (χ1n) is 11.5. The fourth-order valence-electron chi connectivity index (χ4n) is 3.80. The van der Waals surface area contributed by atoms with Crippen LogP contribution in [0.15, 0.2) is 54.9 Å². The average molecular weight is 515 g/mol. The lowest BCUT2D eigenvalue weighted by molar-refractivity contribution is -0.274. The first-order chi connectivity index (χ1) is 17.7. The van der Waals surface area contributed by atoms with E-state index in [1.54, 1.807) is 30.6 Å². The molecule has 1 amide bonds. The van der Waals surface area contributed by atoms with Gasteiger partial charge in [-0.3, -0.25) is 19.5 Å². The number of anilines is 1. The molecule has 1 fully saturated rings. The van der Waals surface area contributed by atoms with Gasteiger partial charge < -0.3 is 15.0 Å². The monoisotopic (exact) mass is 514 g/mol. The predicted molar refractivity (Wildman–Crippen MR) is 129 cm³/mol. The number of likely N-dealkylation sites (N-methyl/N-ethyl adjacent to an activating group) is 1. The van der Waals surface area contributed by atoms with E-state index < -0.39 is 23.8 Å². The molecule has 0 saturated carbocycles. The number of alkyl halides is 3. The van der Waals surface area contributed by atoms with E-state index in [2.05, 4.69) is 30.1 Å². The molecule has 0 spiro atoms. The summed E-state index contributed by atoms with van der Waals surface area (Å²) in [4.78, 5) is 33.5. The number of ether oxygens (including phenoxy) is 1. The van der Waals surface area contributed by atoms with Crippen LogP contribution in [0.5, 0.6) is 5.75 Å². The molecule has 3 aromatic rings. The fraction of sp³-hybridized carbons (Fsp3) is 0.320. The summed E-state index contributed by atoms with van der Waals surface area (Å²) < 4.78 is 42.9. The molecule has 1 N–H and O–H groups in total. The maximum absolute atomic E-state index is 12.9. The van der Waals surface area contributed by atoms with Gasteiger partial charge in [0.2, 0.25) is 5.91 Å². The van der Waals surface area contributed by atoms with Crippen molar-refractivity contribution < 1.29 is 27.5 Å². The first-order valence-corrected chi connectivity index (χ1v) is 11.5. The smallest absolute Gasteiger partial charge is 0.404 e. The molecule has 2 aromatic heterocycles. The van der Waals surface area contributed by atoms with Crippen molar-refractivity contribution in [2.75, 3.05) is 45.1 Å². The second-order valence-corrected chi connectivity index (χ2v) is 8.64. The highest BCUT2D eigenvalue weighted by Gasteiger charge is 2.32. The summed E-state index contributed by atoms with van der Waals surface area (Å²) in [6.07, 6.45) is -1.82. The minimum absolute atomic E-state index is 0.0103. The number of pyridine rings is 1. The quantitative estimate of drug-likeness (QED) is 0.458. The summed E-state index contributed by atoms with van der Waals surface area (Å²) in [5, 5.41) is 10.7. The highest BCUT2D eigenvalue weighted by atomic mass is 19.4. The number of nitrogens with zero attached hydrogens (tertiary/aromatic N) is 5. The van der Waals surface area contributed by atoms with Gasteiger partial charge in [-0.2, -0.15) is 10.2 Å². The number of aromatic nitrogens is 3. The summed E-state index contributed by atoms with van der Waals surface area (Å²) in [6.45, 7) is 2.90. The molecule has 0 bridgehead atoms. The van der Waals surface area contributed by atoms with Gasteiger partial charge in [-0.05, 0) is 49.5 Å². The topological polar surface area (TPSA) is 101 Å². The number of hydrogen-bond donors (Lipinski definition) is 1. The zero-order valence-electron chi connectivity index (χ0n) is 20.0. The van der Waals surface area contributed by atoms with Crippen LogP contribution in [0.1, 0.15) is 16.1 Å². The molecule has 9 nitrogen and oxygen atoms in total. The summed E-state index contributed by atoms with van der Waals surface area (Å²) >= 11 is 0. The Balaban J connectivity index is 1.47. The molecule has 1 aromatic carbocycles. The summed E-state index contributed by atoms with van der Waals surface area (Å²) in [5.74, 6) is -1.51. The van der Waals surface area contributed by atoms with E-state index in [9.17, 15) is 22.8 Å². The van der Waals surface area contributed by atoms with Crippen LogP contribution < -0.4 is 10.1 Å². The van der Waals surface area contributed by atoms with Crippen LogP contribution >= 0.6 is 0 Å². The second kappa shape index (κ2) is 11.4. The largest absolute Gasteiger partial charge is 0.573 e. The number of carbonyl (C=O) groups is 2. The number of benzene rings is 1. The fourth-order valence-corrected chi connectivity index (χ4v) is 3.80. The molecule has 0 radical (unpaired) electrons. The zero-order valence-corrected chi connectivity index (χ0v) is 20.0. The molecule has 37 heavy (non-hydrogen) atoms. The molecule has 0 atom stereocenters. The Hall–Kier alpha value is -3.90. The number of carbonyl (C=O) groups excluding carboxylic acids is 2. The second-order valence-electron chi connectivity index (χ2n) is 8.64. The molecule has 1 aliphatic heterocycles. The van der Waals surface area contributed by atoms with Crippen molar-refractivity contribution in [3.05, 3.63) is 66.1 Å². The Kier molecular flexibility index (Phi) is 8.09. The van der Waals surface area contributed by atoms with E-state index >= 15 is 0 Å². The van der Waals surface area contributed by atoms with E-state index in [1.165, 1.54) is 12.1 Å². The molecule has 4 rings (SSSR count). The van der Waals surface area contributed by atoms with Crippen LogP contribution in [-0.4, -0.2) is 82.8 Å². The van der Waals surface area contributed by atoms with Gasteiger partial charge in [0.15, 0.2) is 11.5 Å². The van der Waals surface area contributed by atoms with Gasteiger partial charge in [0.25, 0.3) is 0 Å². The SMILES string of the molecule is CN1CCN(CC(=O)Nc2cc(C(=O)Cc3ccc(-c4cccnc4)nn3)ccc2OC(F)(F)F)CC1. The first kappa shape index (κ1) is 26.2. The lowest BCUT2D eigenvalue weighted by atomic mass is 10.0. The van der Waals surface area contributed by atoms with Gasteiger partial charge in [-0.1, -0.05) is 0 Å². The van der Waals surface area contributed by atoms with Crippen LogP contribution in [0.25, 0.3) is 11.3 Å². The van der Waals surface area contributed by atoms with Crippen LogP contribution in [0.3, 0.4) is 0 Å². The molecular weight excluding hydrogens is 489 g/mol. The summed E-state index contributed by atoms with van der Waals surface area (Å²) in [5.41, 5.74) is 1.60. The molecule has 0 unspecified atom stereocenters. The molecular formula is C25H25F3N6O3. The number of nitrogens with one attached hydrogen (secondary N) is 1. The number of piperazine rings is 1. The maximum atomic E-state index is 12.9. The van der Waals surface area contributed by atoms with Gasteiger partial charge in [0.1, 0.15) is 0 Å². The minimum Gasteiger partial charge on any atom is -0.404 e. The van der Waals surface area contributed by atoms with Gasteiger partial charge in [-0.15, -0.1) is 13.2 Å². The summed E-state index contributed by atoms with van der Waals surface area (Å²) in [7, 11) is 1.97. The van der Waals surface area contributed by atoms with Crippen LogP contribution in [0.4, 0.5) is 18.9 Å². The predicted octanol–water partition coefficient (Wildman–Crippen LogP) is 3.05. The normalized spacial score (nSPS) is 14.8. The van der Waals surface area contributed by atoms with Gasteiger partial charge in [0.05, 0.1) is 30.0 Å². The number of Topliss-reactive ketones (excluding diaryl/α,β-unsaturated/α-hetero) is 1. The van der Waals surface area contributed by atoms with E-state index in [0.29, 0.717) is 24.5 Å². The van der Waals surface area contributed by atoms with Crippen molar-refractivity contribution in [3.8, 4) is 17.0 Å². The minimum atomic E-state index is -4.96. The third kappa shape index (κ3) is 7.54. The van der Waals surface area contributed by atoms with Crippen molar-refractivity contribution in [1.29, 1.82) is 0 Å². The van der Waals surface area contributed by atoms with Crippen molar-refractivity contribution in [2.24, 2.45) is 0 Å².